The van der Waals surface area contributed by atoms with E-state index >= 15 is 0 Å². The van der Waals surface area contributed by atoms with Crippen molar-refractivity contribution in [2.24, 2.45) is 0 Å². The van der Waals surface area contributed by atoms with Crippen LogP contribution in [-0.2, 0) is 0 Å². The average molecular weight is 262 g/mol. The maximum Gasteiger partial charge on any atom is 0.257 e. The van der Waals surface area contributed by atoms with Gasteiger partial charge >= 0.3 is 0 Å². The second kappa shape index (κ2) is 5.14. The molecule has 0 aliphatic rings. The van der Waals surface area contributed by atoms with Gasteiger partial charge in [0.05, 0.1) is 12.4 Å². The summed E-state index contributed by atoms with van der Waals surface area (Å²) >= 11 is 5.62. The quantitative estimate of drug-likeness (QED) is 0.904. The van der Waals surface area contributed by atoms with Gasteiger partial charge in [0, 0.05) is 5.56 Å². The van der Waals surface area contributed by atoms with Gasteiger partial charge in [0.2, 0.25) is 0 Å². The molecule has 0 radical (unpaired) electrons. The van der Waals surface area contributed by atoms with Crippen LogP contribution in [0.15, 0.2) is 30.6 Å². The highest BCUT2D eigenvalue weighted by molar-refractivity contribution is 6.29. The summed E-state index contributed by atoms with van der Waals surface area (Å²) in [6.45, 7) is 3.88. The summed E-state index contributed by atoms with van der Waals surface area (Å²) in [6.07, 6.45) is 2.81. The highest BCUT2D eigenvalue weighted by atomic mass is 35.5. The van der Waals surface area contributed by atoms with Crippen molar-refractivity contribution in [2.45, 2.75) is 13.8 Å². The van der Waals surface area contributed by atoms with Gasteiger partial charge in [-0.05, 0) is 31.0 Å². The third-order valence-corrected chi connectivity index (χ3v) is 2.91. The molecule has 4 nitrogen and oxygen atoms in total. The maximum absolute atomic E-state index is 12.1. The van der Waals surface area contributed by atoms with Crippen LogP contribution in [0.5, 0.6) is 0 Å². The van der Waals surface area contributed by atoms with Gasteiger partial charge in [-0.2, -0.15) is 0 Å². The van der Waals surface area contributed by atoms with Gasteiger partial charge in [-0.3, -0.25) is 4.79 Å². The molecule has 0 saturated carbocycles. The van der Waals surface area contributed by atoms with E-state index in [0.717, 1.165) is 11.1 Å². The lowest BCUT2D eigenvalue weighted by molar-refractivity contribution is 0.102. The second-order valence-corrected chi connectivity index (χ2v) is 4.31. The standard InChI is InChI=1S/C13H12ClN3O/c1-8-4-3-5-10(9(8)2)13(18)17-12-7-15-11(14)6-16-12/h3-7H,1-2H3,(H,16,17,18). The number of carbonyl (C=O) groups excluding carboxylic acids is 1. The first-order chi connectivity index (χ1) is 8.58. The van der Waals surface area contributed by atoms with Crippen molar-refractivity contribution >= 4 is 23.3 Å². The van der Waals surface area contributed by atoms with Gasteiger partial charge in [-0.15, -0.1) is 0 Å². The Morgan fingerprint density at radius 2 is 2.00 bits per heavy atom. The van der Waals surface area contributed by atoms with E-state index in [-0.39, 0.29) is 5.91 Å². The van der Waals surface area contributed by atoms with Gasteiger partial charge in [0.25, 0.3) is 5.91 Å². The van der Waals surface area contributed by atoms with E-state index in [1.807, 2.05) is 26.0 Å². The molecule has 1 aromatic heterocycles. The van der Waals surface area contributed by atoms with Gasteiger partial charge in [0.1, 0.15) is 5.15 Å². The number of aromatic nitrogens is 2. The summed E-state index contributed by atoms with van der Waals surface area (Å²) in [7, 11) is 0. The van der Waals surface area contributed by atoms with Gasteiger partial charge in [0.15, 0.2) is 5.82 Å². The molecular formula is C13H12ClN3O. The minimum atomic E-state index is -0.201. The zero-order valence-electron chi connectivity index (χ0n) is 10.1. The molecule has 0 bridgehead atoms. The molecule has 1 heterocycles. The number of nitrogens with one attached hydrogen (secondary N) is 1. The number of rotatable bonds is 2. The third-order valence-electron chi connectivity index (χ3n) is 2.71. The lowest BCUT2D eigenvalue weighted by atomic mass is 10.0. The topological polar surface area (TPSA) is 54.9 Å². The van der Waals surface area contributed by atoms with Crippen molar-refractivity contribution in [3.05, 3.63) is 52.4 Å². The second-order valence-electron chi connectivity index (χ2n) is 3.93. The molecular weight excluding hydrogens is 250 g/mol. The van der Waals surface area contributed by atoms with E-state index < -0.39 is 0 Å². The Bertz CT molecular complexity index is 581. The summed E-state index contributed by atoms with van der Waals surface area (Å²) in [4.78, 5) is 19.9. The Hall–Kier alpha value is -1.94. The number of anilines is 1. The van der Waals surface area contributed by atoms with Crippen LogP contribution in [0, 0.1) is 13.8 Å². The summed E-state index contributed by atoms with van der Waals surface area (Å²) < 4.78 is 0. The molecule has 5 heteroatoms. The molecule has 18 heavy (non-hydrogen) atoms. The summed E-state index contributed by atoms with van der Waals surface area (Å²) in [5.74, 6) is 0.179. The van der Waals surface area contributed by atoms with Crippen LogP contribution in [0.4, 0.5) is 5.82 Å². The zero-order chi connectivity index (χ0) is 13.1. The fourth-order valence-corrected chi connectivity index (χ4v) is 1.66. The van der Waals surface area contributed by atoms with Crippen LogP contribution >= 0.6 is 11.6 Å². The molecule has 0 aliphatic carbocycles. The van der Waals surface area contributed by atoms with Crippen molar-refractivity contribution < 1.29 is 4.79 Å². The average Bonchev–Trinajstić information content (AvgIpc) is 2.35. The minimum Gasteiger partial charge on any atom is -0.305 e. The summed E-state index contributed by atoms with van der Waals surface area (Å²) in [5, 5.41) is 2.97. The van der Waals surface area contributed by atoms with E-state index in [1.165, 1.54) is 12.4 Å². The number of aryl methyl sites for hydroxylation is 1. The predicted molar refractivity (Wildman–Crippen MR) is 70.9 cm³/mol. The lowest BCUT2D eigenvalue weighted by Gasteiger charge is -2.08. The van der Waals surface area contributed by atoms with E-state index in [1.54, 1.807) is 6.07 Å². The van der Waals surface area contributed by atoms with Gasteiger partial charge in [-0.25, -0.2) is 9.97 Å². The van der Waals surface area contributed by atoms with Crippen molar-refractivity contribution in [1.82, 2.24) is 9.97 Å². The van der Waals surface area contributed by atoms with Crippen molar-refractivity contribution in [3.8, 4) is 0 Å². The molecule has 1 amide bonds. The first kappa shape index (κ1) is 12.5. The van der Waals surface area contributed by atoms with E-state index in [0.29, 0.717) is 16.5 Å². The molecule has 0 aliphatic heterocycles. The Balaban J connectivity index is 2.22. The van der Waals surface area contributed by atoms with Crippen LogP contribution < -0.4 is 5.32 Å². The Morgan fingerprint density at radius 1 is 1.22 bits per heavy atom. The number of halogens is 1. The molecule has 1 aromatic carbocycles. The Kier molecular flexibility index (Phi) is 3.58. The predicted octanol–water partition coefficient (Wildman–Crippen LogP) is 3.00. The summed E-state index contributed by atoms with van der Waals surface area (Å²) in [6, 6.07) is 5.60. The first-order valence-electron chi connectivity index (χ1n) is 5.43. The number of carbonyl (C=O) groups is 1. The van der Waals surface area contributed by atoms with Crippen LogP contribution in [0.25, 0.3) is 0 Å². The Labute approximate surface area is 110 Å². The van der Waals surface area contributed by atoms with Crippen molar-refractivity contribution in [1.29, 1.82) is 0 Å². The number of hydrogen-bond acceptors (Lipinski definition) is 3. The third kappa shape index (κ3) is 2.65. The smallest absolute Gasteiger partial charge is 0.257 e. The number of hydrogen-bond donors (Lipinski definition) is 1. The fraction of sp³-hybridized carbons (Fsp3) is 0.154. The van der Waals surface area contributed by atoms with Crippen molar-refractivity contribution in [3.63, 3.8) is 0 Å². The SMILES string of the molecule is Cc1cccc(C(=O)Nc2cnc(Cl)cn2)c1C. The first-order valence-corrected chi connectivity index (χ1v) is 5.81. The summed E-state index contributed by atoms with van der Waals surface area (Å²) in [5.41, 5.74) is 2.66. The van der Waals surface area contributed by atoms with Gasteiger partial charge < -0.3 is 5.32 Å². The van der Waals surface area contributed by atoms with E-state index in [4.69, 9.17) is 11.6 Å². The molecule has 1 N–H and O–H groups in total. The van der Waals surface area contributed by atoms with Gasteiger partial charge in [-0.1, -0.05) is 23.7 Å². The van der Waals surface area contributed by atoms with Crippen LogP contribution in [0.3, 0.4) is 0 Å². The number of nitrogens with zero attached hydrogens (tertiary/aromatic N) is 2. The normalized spacial score (nSPS) is 10.2. The molecule has 92 valence electrons. The van der Waals surface area contributed by atoms with Crippen LogP contribution in [-0.4, -0.2) is 15.9 Å². The largest absolute Gasteiger partial charge is 0.305 e. The zero-order valence-corrected chi connectivity index (χ0v) is 10.8. The molecule has 2 rings (SSSR count). The molecule has 0 unspecified atom stereocenters. The van der Waals surface area contributed by atoms with Crippen molar-refractivity contribution in [2.75, 3.05) is 5.32 Å². The number of benzene rings is 1. The maximum atomic E-state index is 12.1. The molecule has 0 saturated heterocycles. The fourth-order valence-electron chi connectivity index (χ4n) is 1.56. The van der Waals surface area contributed by atoms with E-state index in [9.17, 15) is 4.79 Å². The van der Waals surface area contributed by atoms with Crippen LogP contribution in [0.1, 0.15) is 21.5 Å². The molecule has 2 aromatic rings. The monoisotopic (exact) mass is 261 g/mol. The lowest BCUT2D eigenvalue weighted by Crippen LogP contribution is -2.14. The van der Waals surface area contributed by atoms with E-state index in [2.05, 4.69) is 15.3 Å². The molecule has 0 spiro atoms. The number of amides is 1. The minimum absolute atomic E-state index is 0.201. The highest BCUT2D eigenvalue weighted by Crippen LogP contribution is 2.14. The Morgan fingerprint density at radius 3 is 2.67 bits per heavy atom. The highest BCUT2D eigenvalue weighted by Gasteiger charge is 2.10. The van der Waals surface area contributed by atoms with Crippen LogP contribution in [0.2, 0.25) is 5.15 Å². The molecule has 0 fully saturated rings. The molecule has 0 atom stereocenters.